The van der Waals surface area contributed by atoms with E-state index in [2.05, 4.69) is 25.0 Å². The van der Waals surface area contributed by atoms with Crippen molar-refractivity contribution in [2.75, 3.05) is 6.54 Å². The number of carbonyl (C=O) groups excluding carboxylic acids is 2. The van der Waals surface area contributed by atoms with Crippen LogP contribution in [0.1, 0.15) is 108 Å². The molecule has 0 N–H and O–H groups in total. The van der Waals surface area contributed by atoms with Crippen LogP contribution in [0.4, 0.5) is 0 Å². The summed E-state index contributed by atoms with van der Waals surface area (Å²) in [6.45, 7) is 12.5. The number of rotatable bonds is 4. The fraction of sp³-hybridized carbons (Fsp3) is 0.692. The molecule has 2 fully saturated rings. The highest BCUT2D eigenvalue weighted by Gasteiger charge is 2.49. The first-order valence-corrected chi connectivity index (χ1v) is 12.3. The zero-order valence-corrected chi connectivity index (χ0v) is 20.6. The number of aromatic nitrogens is 3. The van der Waals surface area contributed by atoms with Gasteiger partial charge in [-0.2, -0.15) is 5.10 Å². The molecule has 0 unspecified atom stereocenters. The molecule has 0 atom stereocenters. The lowest BCUT2D eigenvalue weighted by atomic mass is 9.72. The number of Topliss-reactive ketones (excluding diaryl/α,β-unsaturated/α-hetero) is 1. The van der Waals surface area contributed by atoms with Gasteiger partial charge in [0.05, 0.1) is 5.54 Å². The highest BCUT2D eigenvalue weighted by atomic mass is 16.2. The molecule has 1 aliphatic heterocycles. The maximum absolute atomic E-state index is 13.5. The van der Waals surface area contributed by atoms with E-state index in [1.807, 2.05) is 32.2 Å². The number of hydrogen-bond donors (Lipinski definition) is 0. The van der Waals surface area contributed by atoms with Gasteiger partial charge in [-0.15, -0.1) is 0 Å². The zero-order chi connectivity index (χ0) is 23.3. The molecule has 32 heavy (non-hydrogen) atoms. The molecule has 2 aliphatic rings. The van der Waals surface area contributed by atoms with Crippen LogP contribution in [0.25, 0.3) is 5.65 Å². The van der Waals surface area contributed by atoms with Gasteiger partial charge >= 0.3 is 0 Å². The standard InChI is InChI=1S/C26H38N4O2/c1-17(2)21-15-19(14-18-10-8-7-9-11-18)27-22-16-20(28-30(21)22)23(31)29-13-12-25(3,4)24(32)26(29,5)6/h15-18H,7-14H2,1-6H3. The van der Waals surface area contributed by atoms with Crippen molar-refractivity contribution in [3.05, 3.63) is 29.2 Å². The summed E-state index contributed by atoms with van der Waals surface area (Å²) in [4.78, 5) is 33.1. The summed E-state index contributed by atoms with van der Waals surface area (Å²) in [5, 5.41) is 4.68. The fourth-order valence-corrected chi connectivity index (χ4v) is 5.59. The van der Waals surface area contributed by atoms with Crippen LogP contribution in [0.2, 0.25) is 0 Å². The molecule has 2 aromatic rings. The average molecular weight is 439 g/mol. The third-order valence-electron chi connectivity index (χ3n) is 7.59. The van der Waals surface area contributed by atoms with Crippen molar-refractivity contribution in [1.29, 1.82) is 0 Å². The van der Waals surface area contributed by atoms with Crippen molar-refractivity contribution in [3.8, 4) is 0 Å². The summed E-state index contributed by atoms with van der Waals surface area (Å²) in [7, 11) is 0. The molecule has 4 rings (SSSR count). The first-order chi connectivity index (χ1) is 15.0. The Morgan fingerprint density at radius 1 is 1.12 bits per heavy atom. The number of likely N-dealkylation sites (tertiary alicyclic amines) is 1. The van der Waals surface area contributed by atoms with Gasteiger partial charge in [-0.25, -0.2) is 9.50 Å². The summed E-state index contributed by atoms with van der Waals surface area (Å²) in [6, 6.07) is 3.98. The molecule has 1 amide bonds. The summed E-state index contributed by atoms with van der Waals surface area (Å²) in [5.41, 5.74) is 2.01. The molecule has 1 saturated heterocycles. The van der Waals surface area contributed by atoms with Gasteiger partial charge in [0.1, 0.15) is 0 Å². The van der Waals surface area contributed by atoms with Gasteiger partial charge in [0.15, 0.2) is 17.1 Å². The van der Waals surface area contributed by atoms with E-state index >= 15 is 0 Å². The van der Waals surface area contributed by atoms with Crippen LogP contribution in [0.5, 0.6) is 0 Å². The Bertz CT molecular complexity index is 1030. The van der Waals surface area contributed by atoms with Crippen molar-refractivity contribution in [3.63, 3.8) is 0 Å². The van der Waals surface area contributed by atoms with Crippen LogP contribution >= 0.6 is 0 Å². The minimum absolute atomic E-state index is 0.101. The van der Waals surface area contributed by atoms with Crippen LogP contribution in [-0.2, 0) is 11.2 Å². The van der Waals surface area contributed by atoms with Gasteiger partial charge in [-0.3, -0.25) is 9.59 Å². The first-order valence-electron chi connectivity index (χ1n) is 12.3. The van der Waals surface area contributed by atoms with Crippen LogP contribution in [0.15, 0.2) is 12.1 Å². The molecular weight excluding hydrogens is 400 g/mol. The van der Waals surface area contributed by atoms with Crippen LogP contribution in [0.3, 0.4) is 0 Å². The topological polar surface area (TPSA) is 67.6 Å². The molecule has 0 aromatic carbocycles. The number of amides is 1. The Morgan fingerprint density at radius 2 is 1.81 bits per heavy atom. The number of hydrogen-bond acceptors (Lipinski definition) is 4. The van der Waals surface area contributed by atoms with Crippen LogP contribution < -0.4 is 0 Å². The van der Waals surface area contributed by atoms with E-state index in [1.165, 1.54) is 32.1 Å². The highest BCUT2D eigenvalue weighted by molar-refractivity contribution is 6.01. The Kier molecular flexibility index (Phi) is 5.93. The summed E-state index contributed by atoms with van der Waals surface area (Å²) in [5.74, 6) is 0.880. The van der Waals surface area contributed by atoms with E-state index in [4.69, 9.17) is 4.98 Å². The Morgan fingerprint density at radius 3 is 2.47 bits per heavy atom. The Balaban J connectivity index is 1.67. The highest BCUT2D eigenvalue weighted by Crippen LogP contribution is 2.37. The maximum atomic E-state index is 13.5. The molecule has 174 valence electrons. The van der Waals surface area contributed by atoms with Crippen molar-refractivity contribution < 1.29 is 9.59 Å². The van der Waals surface area contributed by atoms with Gasteiger partial charge in [0.2, 0.25) is 0 Å². The lowest BCUT2D eigenvalue weighted by molar-refractivity contribution is -0.141. The largest absolute Gasteiger partial charge is 0.325 e. The van der Waals surface area contributed by atoms with Crippen molar-refractivity contribution in [1.82, 2.24) is 19.5 Å². The van der Waals surface area contributed by atoms with Crippen molar-refractivity contribution >= 4 is 17.3 Å². The van der Waals surface area contributed by atoms with E-state index in [0.717, 1.165) is 23.5 Å². The lowest BCUT2D eigenvalue weighted by Gasteiger charge is -2.47. The van der Waals surface area contributed by atoms with E-state index in [0.29, 0.717) is 24.6 Å². The molecular formula is C26H38N4O2. The molecule has 6 heteroatoms. The van der Waals surface area contributed by atoms with E-state index in [9.17, 15) is 9.59 Å². The molecule has 1 aliphatic carbocycles. The third-order valence-corrected chi connectivity index (χ3v) is 7.59. The van der Waals surface area contributed by atoms with E-state index < -0.39 is 11.0 Å². The van der Waals surface area contributed by atoms with Gasteiger partial charge in [0, 0.05) is 29.4 Å². The molecule has 1 saturated carbocycles. The number of carbonyl (C=O) groups is 2. The number of fused-ring (bicyclic) bond motifs is 1. The maximum Gasteiger partial charge on any atom is 0.275 e. The van der Waals surface area contributed by atoms with Gasteiger partial charge in [-0.1, -0.05) is 59.8 Å². The second-order valence-corrected chi connectivity index (χ2v) is 11.3. The number of nitrogens with zero attached hydrogens (tertiary/aromatic N) is 4. The molecule has 3 heterocycles. The third kappa shape index (κ3) is 4.08. The molecule has 0 spiro atoms. The van der Waals surface area contributed by atoms with Crippen LogP contribution in [0, 0.1) is 11.3 Å². The van der Waals surface area contributed by atoms with Crippen LogP contribution in [-0.4, -0.2) is 43.3 Å². The summed E-state index contributed by atoms with van der Waals surface area (Å²) in [6.07, 6.45) is 8.19. The second-order valence-electron chi connectivity index (χ2n) is 11.3. The Labute approximate surface area is 191 Å². The van der Waals surface area contributed by atoms with Gasteiger partial charge < -0.3 is 4.90 Å². The summed E-state index contributed by atoms with van der Waals surface area (Å²) < 4.78 is 1.82. The first kappa shape index (κ1) is 22.9. The lowest BCUT2D eigenvalue weighted by Crippen LogP contribution is -2.61. The van der Waals surface area contributed by atoms with Crippen molar-refractivity contribution in [2.45, 2.75) is 97.9 Å². The molecule has 6 nitrogen and oxygen atoms in total. The average Bonchev–Trinajstić information content (AvgIpc) is 3.16. The summed E-state index contributed by atoms with van der Waals surface area (Å²) >= 11 is 0. The predicted octanol–water partition coefficient (Wildman–Crippen LogP) is 5.20. The predicted molar refractivity (Wildman–Crippen MR) is 126 cm³/mol. The molecule has 0 bridgehead atoms. The zero-order valence-electron chi connectivity index (χ0n) is 20.6. The minimum atomic E-state index is -0.852. The molecule has 2 aromatic heterocycles. The van der Waals surface area contributed by atoms with Gasteiger partial charge in [0.25, 0.3) is 5.91 Å². The fourth-order valence-electron chi connectivity index (χ4n) is 5.59. The number of ketones is 1. The van der Waals surface area contributed by atoms with Gasteiger partial charge in [-0.05, 0) is 44.6 Å². The van der Waals surface area contributed by atoms with Crippen molar-refractivity contribution in [2.24, 2.45) is 11.3 Å². The monoisotopic (exact) mass is 438 g/mol. The normalized spacial score (nSPS) is 21.5. The van der Waals surface area contributed by atoms with E-state index in [1.54, 1.807) is 11.0 Å². The minimum Gasteiger partial charge on any atom is -0.325 e. The SMILES string of the molecule is CC(C)c1cc(CC2CCCCC2)nc2cc(C(=O)N3CCC(C)(C)C(=O)C3(C)C)nn12. The van der Waals surface area contributed by atoms with E-state index in [-0.39, 0.29) is 17.6 Å². The smallest absolute Gasteiger partial charge is 0.275 e. The molecule has 0 radical (unpaired) electrons. The Hall–Kier alpha value is -2.24. The quantitative estimate of drug-likeness (QED) is 0.658. The second kappa shape index (κ2) is 8.27. The number of piperidine rings is 1.